The van der Waals surface area contributed by atoms with E-state index >= 15 is 0 Å². The van der Waals surface area contributed by atoms with Crippen molar-refractivity contribution in [2.45, 2.75) is 13.3 Å². The third kappa shape index (κ3) is 4.14. The van der Waals surface area contributed by atoms with E-state index in [9.17, 15) is 9.59 Å². The maximum atomic E-state index is 12.8. The van der Waals surface area contributed by atoms with Crippen LogP contribution in [0.25, 0.3) is 6.08 Å². The first-order valence-corrected chi connectivity index (χ1v) is 9.00. The Balaban J connectivity index is 1.78. The second-order valence-electron chi connectivity index (χ2n) is 6.35. The number of amides is 2. The molecule has 3 rings (SSSR count). The highest BCUT2D eigenvalue weighted by Crippen LogP contribution is 2.25. The van der Waals surface area contributed by atoms with Crippen LogP contribution in [-0.2, 0) is 4.79 Å². The van der Waals surface area contributed by atoms with Gasteiger partial charge in [0.1, 0.15) is 17.2 Å². The van der Waals surface area contributed by atoms with Crippen LogP contribution < -0.4 is 9.47 Å². The molecule has 28 heavy (non-hydrogen) atoms. The molecule has 1 aromatic carbocycles. The van der Waals surface area contributed by atoms with Gasteiger partial charge in [-0.05, 0) is 49.8 Å². The van der Waals surface area contributed by atoms with E-state index in [0.29, 0.717) is 35.8 Å². The van der Waals surface area contributed by atoms with Crippen LogP contribution in [0.4, 0.5) is 0 Å². The van der Waals surface area contributed by atoms with Crippen molar-refractivity contribution >= 4 is 17.9 Å². The molecule has 0 radical (unpaired) electrons. The standard InChI is InChI=1S/C21H23N3O4/c1-15-6-4-7-18(22-15)21(26)24-13-5-12-23(24)20(25)11-8-16-14-17(27-2)9-10-19(16)28-3/h4,6-11,14H,5,12-13H2,1-3H3/b11-8+. The Morgan fingerprint density at radius 3 is 2.57 bits per heavy atom. The monoisotopic (exact) mass is 381 g/mol. The first-order chi connectivity index (χ1) is 13.5. The highest BCUT2D eigenvalue weighted by Gasteiger charge is 2.30. The molecule has 0 spiro atoms. The molecule has 2 amide bonds. The summed E-state index contributed by atoms with van der Waals surface area (Å²) >= 11 is 0. The van der Waals surface area contributed by atoms with Gasteiger partial charge in [0.2, 0.25) is 0 Å². The third-order valence-corrected chi connectivity index (χ3v) is 4.47. The second-order valence-corrected chi connectivity index (χ2v) is 6.35. The number of benzene rings is 1. The predicted octanol–water partition coefficient (Wildman–Crippen LogP) is 2.71. The summed E-state index contributed by atoms with van der Waals surface area (Å²) in [4.78, 5) is 29.8. The molecule has 1 saturated heterocycles. The van der Waals surface area contributed by atoms with E-state index in [1.54, 1.807) is 50.6 Å². The minimum absolute atomic E-state index is 0.275. The molecule has 2 heterocycles. The van der Waals surface area contributed by atoms with Crippen molar-refractivity contribution in [1.29, 1.82) is 0 Å². The van der Waals surface area contributed by atoms with Crippen molar-refractivity contribution in [3.8, 4) is 11.5 Å². The largest absolute Gasteiger partial charge is 0.497 e. The Bertz CT molecular complexity index is 910. The maximum Gasteiger partial charge on any atom is 0.291 e. The average Bonchev–Trinajstić information content (AvgIpc) is 3.21. The molecule has 1 aliphatic rings. The molecular formula is C21H23N3O4. The molecule has 146 valence electrons. The molecular weight excluding hydrogens is 358 g/mol. The molecule has 7 nitrogen and oxygen atoms in total. The average molecular weight is 381 g/mol. The van der Waals surface area contributed by atoms with E-state index in [1.165, 1.54) is 16.1 Å². The van der Waals surface area contributed by atoms with Gasteiger partial charge in [0.25, 0.3) is 11.8 Å². The molecule has 1 aliphatic heterocycles. The van der Waals surface area contributed by atoms with E-state index in [0.717, 1.165) is 12.1 Å². The molecule has 1 fully saturated rings. The summed E-state index contributed by atoms with van der Waals surface area (Å²) in [5.74, 6) is 0.741. The van der Waals surface area contributed by atoms with Gasteiger partial charge in [0.15, 0.2) is 0 Å². The minimum Gasteiger partial charge on any atom is -0.497 e. The lowest BCUT2D eigenvalue weighted by molar-refractivity contribution is -0.134. The van der Waals surface area contributed by atoms with Crippen LogP contribution >= 0.6 is 0 Å². The van der Waals surface area contributed by atoms with E-state index < -0.39 is 0 Å². The molecule has 2 aromatic rings. The topological polar surface area (TPSA) is 72.0 Å². The summed E-state index contributed by atoms with van der Waals surface area (Å²) in [6.07, 6.45) is 3.82. The fourth-order valence-corrected chi connectivity index (χ4v) is 3.06. The van der Waals surface area contributed by atoms with Crippen LogP contribution in [-0.4, -0.2) is 54.1 Å². The zero-order valence-corrected chi connectivity index (χ0v) is 16.2. The Morgan fingerprint density at radius 2 is 1.86 bits per heavy atom. The summed E-state index contributed by atoms with van der Waals surface area (Å²) in [7, 11) is 3.14. The molecule has 0 atom stereocenters. The number of aryl methyl sites for hydroxylation is 1. The van der Waals surface area contributed by atoms with Crippen molar-refractivity contribution in [2.24, 2.45) is 0 Å². The Labute approximate surface area is 164 Å². The highest BCUT2D eigenvalue weighted by atomic mass is 16.5. The first kappa shape index (κ1) is 19.4. The van der Waals surface area contributed by atoms with Gasteiger partial charge in [-0.2, -0.15) is 0 Å². The number of rotatable bonds is 5. The quantitative estimate of drug-likeness (QED) is 0.745. The van der Waals surface area contributed by atoms with Gasteiger partial charge in [-0.3, -0.25) is 9.59 Å². The maximum absolute atomic E-state index is 12.8. The van der Waals surface area contributed by atoms with Crippen LogP contribution in [0.5, 0.6) is 11.5 Å². The number of methoxy groups -OCH3 is 2. The summed E-state index contributed by atoms with van der Waals surface area (Å²) in [5.41, 5.74) is 1.80. The summed E-state index contributed by atoms with van der Waals surface area (Å²) in [6, 6.07) is 10.6. The molecule has 0 saturated carbocycles. The number of ether oxygens (including phenoxy) is 2. The van der Waals surface area contributed by atoms with Gasteiger partial charge in [0, 0.05) is 30.4 Å². The number of hydrogen-bond acceptors (Lipinski definition) is 5. The van der Waals surface area contributed by atoms with Crippen LogP contribution in [0.1, 0.15) is 28.2 Å². The van der Waals surface area contributed by atoms with E-state index in [2.05, 4.69) is 4.98 Å². The predicted molar refractivity (Wildman–Crippen MR) is 105 cm³/mol. The number of hydrazine groups is 1. The smallest absolute Gasteiger partial charge is 0.291 e. The number of nitrogens with zero attached hydrogens (tertiary/aromatic N) is 3. The number of aromatic nitrogens is 1. The number of carbonyl (C=O) groups is 2. The number of hydrogen-bond donors (Lipinski definition) is 0. The van der Waals surface area contributed by atoms with Crippen molar-refractivity contribution in [2.75, 3.05) is 27.3 Å². The van der Waals surface area contributed by atoms with Crippen LogP contribution in [0, 0.1) is 6.92 Å². The molecule has 1 aromatic heterocycles. The van der Waals surface area contributed by atoms with Gasteiger partial charge in [0.05, 0.1) is 14.2 Å². The van der Waals surface area contributed by atoms with Gasteiger partial charge < -0.3 is 9.47 Å². The Hall–Kier alpha value is -3.35. The summed E-state index contributed by atoms with van der Waals surface area (Å²) in [5, 5.41) is 2.91. The molecule has 0 aliphatic carbocycles. The van der Waals surface area contributed by atoms with E-state index in [-0.39, 0.29) is 11.8 Å². The van der Waals surface area contributed by atoms with Crippen LogP contribution in [0.15, 0.2) is 42.5 Å². The van der Waals surface area contributed by atoms with E-state index in [4.69, 9.17) is 9.47 Å². The normalized spacial score (nSPS) is 13.8. The second kappa shape index (κ2) is 8.56. The molecule has 0 N–H and O–H groups in total. The number of pyridine rings is 1. The minimum atomic E-state index is -0.276. The first-order valence-electron chi connectivity index (χ1n) is 9.00. The summed E-state index contributed by atoms with van der Waals surface area (Å²) < 4.78 is 10.5. The highest BCUT2D eigenvalue weighted by molar-refractivity contribution is 5.97. The van der Waals surface area contributed by atoms with Crippen LogP contribution in [0.3, 0.4) is 0 Å². The SMILES string of the molecule is COc1ccc(OC)c(/C=C/C(=O)N2CCCN2C(=O)c2cccc(C)n2)c1. The molecule has 7 heteroatoms. The lowest BCUT2D eigenvalue weighted by Gasteiger charge is -2.26. The lowest BCUT2D eigenvalue weighted by Crippen LogP contribution is -2.44. The van der Waals surface area contributed by atoms with Crippen LogP contribution in [0.2, 0.25) is 0 Å². The molecule has 0 bridgehead atoms. The zero-order valence-electron chi connectivity index (χ0n) is 16.2. The van der Waals surface area contributed by atoms with Gasteiger partial charge >= 0.3 is 0 Å². The van der Waals surface area contributed by atoms with Crippen molar-refractivity contribution < 1.29 is 19.1 Å². The van der Waals surface area contributed by atoms with Gasteiger partial charge in [-0.25, -0.2) is 15.0 Å². The molecule has 0 unspecified atom stereocenters. The zero-order chi connectivity index (χ0) is 20.1. The van der Waals surface area contributed by atoms with Crippen molar-refractivity contribution in [1.82, 2.24) is 15.0 Å². The van der Waals surface area contributed by atoms with Gasteiger partial charge in [-0.1, -0.05) is 6.07 Å². The number of carbonyl (C=O) groups excluding carboxylic acids is 2. The lowest BCUT2D eigenvalue weighted by atomic mass is 10.1. The third-order valence-electron chi connectivity index (χ3n) is 4.47. The fraction of sp³-hybridized carbons (Fsp3) is 0.286. The van der Waals surface area contributed by atoms with E-state index in [1.807, 2.05) is 13.0 Å². The van der Waals surface area contributed by atoms with Crippen molar-refractivity contribution in [3.05, 3.63) is 59.4 Å². The Morgan fingerprint density at radius 1 is 1.07 bits per heavy atom. The summed E-state index contributed by atoms with van der Waals surface area (Å²) in [6.45, 7) is 2.79. The Kier molecular flexibility index (Phi) is 5.93. The van der Waals surface area contributed by atoms with Crippen molar-refractivity contribution in [3.63, 3.8) is 0 Å². The van der Waals surface area contributed by atoms with Gasteiger partial charge in [-0.15, -0.1) is 0 Å². The fourth-order valence-electron chi connectivity index (χ4n) is 3.06.